The second-order valence-electron chi connectivity index (χ2n) is 5.59. The van der Waals surface area contributed by atoms with Gasteiger partial charge in [0.25, 0.3) is 0 Å². The number of methoxy groups -OCH3 is 2. The van der Waals surface area contributed by atoms with Crippen LogP contribution in [0.25, 0.3) is 0 Å². The smallest absolute Gasteiger partial charge is 0.246 e. The number of sulfonamides is 1. The zero-order valence-corrected chi connectivity index (χ0v) is 15.1. The fourth-order valence-electron chi connectivity index (χ4n) is 2.80. The Hall–Kier alpha value is -1.80. The van der Waals surface area contributed by atoms with Crippen molar-refractivity contribution in [3.8, 4) is 11.5 Å². The van der Waals surface area contributed by atoms with E-state index in [0.29, 0.717) is 38.2 Å². The molecule has 7 nitrogen and oxygen atoms in total. The second kappa shape index (κ2) is 7.85. The lowest BCUT2D eigenvalue weighted by atomic mass is 9.97. The minimum Gasteiger partial charge on any atom is -0.497 e. The monoisotopic (exact) mass is 356 g/mol. The van der Waals surface area contributed by atoms with Crippen molar-refractivity contribution >= 4 is 15.9 Å². The van der Waals surface area contributed by atoms with Gasteiger partial charge in [0.15, 0.2) is 0 Å². The Morgan fingerprint density at radius 3 is 2.46 bits per heavy atom. The molecule has 1 fully saturated rings. The average Bonchev–Trinajstić information content (AvgIpc) is 2.61. The number of ether oxygens (including phenoxy) is 2. The van der Waals surface area contributed by atoms with Crippen LogP contribution < -0.4 is 14.8 Å². The van der Waals surface area contributed by atoms with Crippen LogP contribution in [0, 0.1) is 5.92 Å². The first-order chi connectivity index (χ1) is 11.4. The van der Waals surface area contributed by atoms with E-state index >= 15 is 0 Å². The molecule has 1 heterocycles. The molecule has 1 aromatic carbocycles. The highest BCUT2D eigenvalue weighted by atomic mass is 32.2. The van der Waals surface area contributed by atoms with Gasteiger partial charge in [-0.1, -0.05) is 0 Å². The number of hydrogen-bond acceptors (Lipinski definition) is 5. The molecule has 2 rings (SSSR count). The van der Waals surface area contributed by atoms with Crippen LogP contribution in [0.1, 0.15) is 19.8 Å². The zero-order valence-electron chi connectivity index (χ0n) is 14.2. The van der Waals surface area contributed by atoms with Gasteiger partial charge in [0.05, 0.1) is 14.2 Å². The van der Waals surface area contributed by atoms with Crippen LogP contribution in [0.3, 0.4) is 0 Å². The SMILES string of the molecule is CCNC(=O)C1CCN(S(=O)(=O)c2ccc(OC)cc2OC)CC1. The number of benzene rings is 1. The van der Waals surface area contributed by atoms with Crippen molar-refractivity contribution in [3.05, 3.63) is 18.2 Å². The van der Waals surface area contributed by atoms with Crippen molar-refractivity contribution in [2.45, 2.75) is 24.7 Å². The van der Waals surface area contributed by atoms with Gasteiger partial charge in [-0.2, -0.15) is 4.31 Å². The first-order valence-electron chi connectivity index (χ1n) is 7.94. The van der Waals surface area contributed by atoms with E-state index in [9.17, 15) is 13.2 Å². The van der Waals surface area contributed by atoms with Crippen molar-refractivity contribution in [3.63, 3.8) is 0 Å². The zero-order chi connectivity index (χ0) is 17.7. The maximum absolute atomic E-state index is 12.9. The number of carbonyl (C=O) groups is 1. The summed E-state index contributed by atoms with van der Waals surface area (Å²) in [7, 11) is -0.735. The van der Waals surface area contributed by atoms with Crippen molar-refractivity contribution in [2.75, 3.05) is 33.9 Å². The Kier molecular flexibility index (Phi) is 6.06. The van der Waals surface area contributed by atoms with Crippen LogP contribution in [0.4, 0.5) is 0 Å². The molecule has 1 N–H and O–H groups in total. The molecule has 0 aliphatic carbocycles. The minimum atomic E-state index is -3.67. The molecule has 1 aliphatic rings. The van der Waals surface area contributed by atoms with Crippen LogP contribution in [-0.4, -0.2) is 52.5 Å². The lowest BCUT2D eigenvalue weighted by Crippen LogP contribution is -2.43. The van der Waals surface area contributed by atoms with Gasteiger partial charge in [-0.3, -0.25) is 4.79 Å². The summed E-state index contributed by atoms with van der Waals surface area (Å²) in [6, 6.07) is 4.63. The molecular formula is C16H24N2O5S. The molecular weight excluding hydrogens is 332 g/mol. The number of rotatable bonds is 6. The standard InChI is InChI=1S/C16H24N2O5S/c1-4-17-16(19)12-7-9-18(10-8-12)24(20,21)15-6-5-13(22-2)11-14(15)23-3/h5-6,11-12H,4,7-10H2,1-3H3,(H,17,19). The Bertz CT molecular complexity index is 682. The van der Waals surface area contributed by atoms with E-state index in [0.717, 1.165) is 0 Å². The third kappa shape index (κ3) is 3.81. The Morgan fingerprint density at radius 1 is 1.25 bits per heavy atom. The van der Waals surface area contributed by atoms with Gasteiger partial charge >= 0.3 is 0 Å². The van der Waals surface area contributed by atoms with Gasteiger partial charge in [0.2, 0.25) is 15.9 Å². The van der Waals surface area contributed by atoms with Gasteiger partial charge in [0.1, 0.15) is 16.4 Å². The lowest BCUT2D eigenvalue weighted by molar-refractivity contribution is -0.126. The average molecular weight is 356 g/mol. The highest BCUT2D eigenvalue weighted by Crippen LogP contribution is 2.32. The third-order valence-electron chi connectivity index (χ3n) is 4.16. The summed E-state index contributed by atoms with van der Waals surface area (Å²) in [5.74, 6) is 0.645. The molecule has 24 heavy (non-hydrogen) atoms. The molecule has 1 aliphatic heterocycles. The number of nitrogens with one attached hydrogen (secondary N) is 1. The Balaban J connectivity index is 2.16. The topological polar surface area (TPSA) is 84.9 Å². The van der Waals surface area contributed by atoms with Crippen LogP contribution in [0.5, 0.6) is 11.5 Å². The summed E-state index contributed by atoms with van der Waals surface area (Å²) in [4.78, 5) is 12.0. The normalized spacial score (nSPS) is 16.6. The largest absolute Gasteiger partial charge is 0.497 e. The van der Waals surface area contributed by atoms with E-state index in [1.807, 2.05) is 6.92 Å². The maximum atomic E-state index is 12.9. The van der Waals surface area contributed by atoms with Crippen LogP contribution in [0.15, 0.2) is 23.1 Å². The lowest BCUT2D eigenvalue weighted by Gasteiger charge is -2.30. The first kappa shape index (κ1) is 18.5. The van der Waals surface area contributed by atoms with Gasteiger partial charge in [-0.15, -0.1) is 0 Å². The molecule has 0 unspecified atom stereocenters. The van der Waals surface area contributed by atoms with E-state index in [1.165, 1.54) is 24.6 Å². The number of piperidine rings is 1. The number of nitrogens with zero attached hydrogens (tertiary/aromatic N) is 1. The predicted molar refractivity (Wildman–Crippen MR) is 89.7 cm³/mol. The summed E-state index contributed by atoms with van der Waals surface area (Å²) in [5, 5.41) is 2.79. The van der Waals surface area contributed by atoms with Crippen molar-refractivity contribution in [2.24, 2.45) is 5.92 Å². The summed E-state index contributed by atoms with van der Waals surface area (Å²) in [6.45, 7) is 3.09. The molecule has 1 amide bonds. The van der Waals surface area contributed by atoms with Gasteiger partial charge < -0.3 is 14.8 Å². The molecule has 0 radical (unpaired) electrons. The second-order valence-corrected chi connectivity index (χ2v) is 7.50. The molecule has 0 spiro atoms. The number of carbonyl (C=O) groups excluding carboxylic acids is 1. The van der Waals surface area contributed by atoms with E-state index in [1.54, 1.807) is 12.1 Å². The quantitative estimate of drug-likeness (QED) is 0.829. The molecule has 0 saturated carbocycles. The third-order valence-corrected chi connectivity index (χ3v) is 6.10. The molecule has 8 heteroatoms. The minimum absolute atomic E-state index is 0.00317. The summed E-state index contributed by atoms with van der Waals surface area (Å²) >= 11 is 0. The van der Waals surface area contributed by atoms with E-state index in [4.69, 9.17) is 9.47 Å². The molecule has 1 saturated heterocycles. The molecule has 0 aromatic heterocycles. The molecule has 0 bridgehead atoms. The number of hydrogen-bond donors (Lipinski definition) is 1. The maximum Gasteiger partial charge on any atom is 0.246 e. The highest BCUT2D eigenvalue weighted by molar-refractivity contribution is 7.89. The van der Waals surface area contributed by atoms with E-state index < -0.39 is 10.0 Å². The first-order valence-corrected chi connectivity index (χ1v) is 9.38. The fraction of sp³-hybridized carbons (Fsp3) is 0.562. The highest BCUT2D eigenvalue weighted by Gasteiger charge is 2.33. The van der Waals surface area contributed by atoms with Crippen LogP contribution in [-0.2, 0) is 14.8 Å². The Labute approximate surface area is 143 Å². The van der Waals surface area contributed by atoms with Gasteiger partial charge in [-0.25, -0.2) is 8.42 Å². The van der Waals surface area contributed by atoms with E-state index in [2.05, 4.69) is 5.32 Å². The number of amides is 1. The van der Waals surface area contributed by atoms with Crippen molar-refractivity contribution in [1.29, 1.82) is 0 Å². The Morgan fingerprint density at radius 2 is 1.92 bits per heavy atom. The van der Waals surface area contributed by atoms with Gasteiger partial charge in [0, 0.05) is 31.6 Å². The molecule has 0 atom stereocenters. The van der Waals surface area contributed by atoms with E-state index in [-0.39, 0.29) is 22.5 Å². The summed E-state index contributed by atoms with van der Waals surface area (Å²) in [5.41, 5.74) is 0. The predicted octanol–water partition coefficient (Wildman–Crippen LogP) is 1.24. The van der Waals surface area contributed by atoms with Crippen molar-refractivity contribution in [1.82, 2.24) is 9.62 Å². The summed E-state index contributed by atoms with van der Waals surface area (Å²) < 4.78 is 37.5. The van der Waals surface area contributed by atoms with Crippen LogP contribution in [0.2, 0.25) is 0 Å². The van der Waals surface area contributed by atoms with Crippen molar-refractivity contribution < 1.29 is 22.7 Å². The van der Waals surface area contributed by atoms with Crippen LogP contribution >= 0.6 is 0 Å². The summed E-state index contributed by atoms with van der Waals surface area (Å²) in [6.07, 6.45) is 1.03. The fourth-order valence-corrected chi connectivity index (χ4v) is 4.41. The molecule has 1 aromatic rings. The molecule has 134 valence electrons. The van der Waals surface area contributed by atoms with Gasteiger partial charge in [-0.05, 0) is 31.9 Å².